The second-order valence-corrected chi connectivity index (χ2v) is 12.6. The number of amides is 2. The van der Waals surface area contributed by atoms with Gasteiger partial charge in [-0.25, -0.2) is 14.4 Å². The zero-order valence-electron chi connectivity index (χ0n) is 27.6. The molecule has 11 heteroatoms. The molecule has 5 aromatic rings. The van der Waals surface area contributed by atoms with Crippen molar-refractivity contribution in [2.45, 2.75) is 37.1 Å². The van der Waals surface area contributed by atoms with Gasteiger partial charge in [0.05, 0.1) is 0 Å². The van der Waals surface area contributed by atoms with Crippen LogP contribution < -0.4 is 15.4 Å². The predicted octanol–water partition coefficient (Wildman–Crippen LogP) is 6.95. The van der Waals surface area contributed by atoms with Crippen molar-refractivity contribution in [1.82, 2.24) is 15.6 Å². The Balaban J connectivity index is 0.918. The molecule has 2 aliphatic rings. The quantitative estimate of drug-likeness (QED) is 0.0696. The lowest BCUT2D eigenvalue weighted by Gasteiger charge is -2.19. The Morgan fingerprint density at radius 3 is 1.61 bits per heavy atom. The molecule has 4 aromatic carbocycles. The van der Waals surface area contributed by atoms with Gasteiger partial charge in [-0.2, -0.15) is 0 Å². The minimum atomic E-state index is -1.15. The number of H-pyrrole nitrogens is 1. The third-order valence-corrected chi connectivity index (χ3v) is 9.41. The number of benzene rings is 4. The monoisotopic (exact) mass is 687 g/mol. The highest BCUT2D eigenvalue weighted by atomic mass is 16.6. The molecule has 0 spiro atoms. The van der Waals surface area contributed by atoms with E-state index in [0.717, 1.165) is 50.6 Å². The summed E-state index contributed by atoms with van der Waals surface area (Å²) in [6, 6.07) is 32.0. The third kappa shape index (κ3) is 7.09. The summed E-state index contributed by atoms with van der Waals surface area (Å²) in [7, 11) is 0. The first-order valence-corrected chi connectivity index (χ1v) is 16.9. The Morgan fingerprint density at radius 1 is 0.667 bits per heavy atom. The van der Waals surface area contributed by atoms with Crippen molar-refractivity contribution in [1.29, 1.82) is 0 Å². The van der Waals surface area contributed by atoms with Crippen molar-refractivity contribution in [2.75, 3.05) is 19.8 Å². The molecule has 0 fully saturated rings. The van der Waals surface area contributed by atoms with E-state index in [1.54, 1.807) is 0 Å². The number of fused-ring (bicyclic) bond motifs is 6. The first kappa shape index (κ1) is 33.3. The summed E-state index contributed by atoms with van der Waals surface area (Å²) in [5.74, 6) is -2.29. The number of unbranched alkanes of at least 4 members (excludes halogenated alkanes) is 1. The van der Waals surface area contributed by atoms with E-state index in [0.29, 0.717) is 12.8 Å². The van der Waals surface area contributed by atoms with Crippen molar-refractivity contribution in [3.8, 4) is 39.8 Å². The van der Waals surface area contributed by atoms with Crippen LogP contribution in [0.1, 0.15) is 53.4 Å². The molecule has 11 nitrogen and oxygen atoms in total. The Kier molecular flexibility index (Phi) is 9.60. The number of ether oxygens (including phenoxy) is 3. The Morgan fingerprint density at radius 2 is 1.14 bits per heavy atom. The Hall–Kier alpha value is -6.23. The zero-order chi connectivity index (χ0) is 35.3. The fraction of sp³-hybridized carbons (Fsp3) is 0.225. The van der Waals surface area contributed by atoms with Crippen LogP contribution >= 0.6 is 0 Å². The number of carbonyl (C=O) groups excluding carboxylic acids is 3. The Labute approximate surface area is 294 Å². The van der Waals surface area contributed by atoms with Crippen LogP contribution in [-0.2, 0) is 14.3 Å². The summed E-state index contributed by atoms with van der Waals surface area (Å²) in [6.07, 6.45) is -0.329. The van der Waals surface area contributed by atoms with Crippen molar-refractivity contribution in [3.05, 3.63) is 125 Å². The number of rotatable bonds is 12. The van der Waals surface area contributed by atoms with Gasteiger partial charge < -0.3 is 35.1 Å². The number of aromatic hydroxyl groups is 2. The van der Waals surface area contributed by atoms with Gasteiger partial charge in [0.25, 0.3) is 0 Å². The second kappa shape index (κ2) is 14.7. The minimum absolute atomic E-state index is 0.0537. The summed E-state index contributed by atoms with van der Waals surface area (Å²) in [5.41, 5.74) is 8.81. The third-order valence-electron chi connectivity index (χ3n) is 9.41. The van der Waals surface area contributed by atoms with E-state index >= 15 is 0 Å². The van der Waals surface area contributed by atoms with Crippen LogP contribution in [0.5, 0.6) is 17.5 Å². The van der Waals surface area contributed by atoms with Gasteiger partial charge in [0.15, 0.2) is 11.6 Å². The van der Waals surface area contributed by atoms with Gasteiger partial charge in [-0.3, -0.25) is 4.98 Å². The molecule has 0 unspecified atom stereocenters. The lowest BCUT2D eigenvalue weighted by Crippen LogP contribution is -2.43. The van der Waals surface area contributed by atoms with Crippen molar-refractivity contribution >= 4 is 18.2 Å². The van der Waals surface area contributed by atoms with Crippen LogP contribution in [0.4, 0.5) is 9.59 Å². The molecule has 0 radical (unpaired) electrons. The predicted molar refractivity (Wildman–Crippen MR) is 189 cm³/mol. The molecule has 0 saturated heterocycles. The fourth-order valence-corrected chi connectivity index (χ4v) is 7.01. The smallest absolute Gasteiger partial charge is 0.407 e. The van der Waals surface area contributed by atoms with Gasteiger partial charge >= 0.3 is 18.2 Å². The molecule has 51 heavy (non-hydrogen) atoms. The molecule has 2 aliphatic carbocycles. The van der Waals surface area contributed by atoms with E-state index in [9.17, 15) is 24.6 Å². The number of esters is 1. The molecule has 1 heterocycles. The molecular weight excluding hydrogens is 650 g/mol. The van der Waals surface area contributed by atoms with E-state index in [-0.39, 0.29) is 43.8 Å². The van der Waals surface area contributed by atoms with Crippen molar-refractivity contribution in [2.24, 2.45) is 0 Å². The van der Waals surface area contributed by atoms with Gasteiger partial charge in [-0.15, -0.1) is 0 Å². The van der Waals surface area contributed by atoms with E-state index < -0.39 is 36.0 Å². The topological polar surface area (TPSA) is 159 Å². The fourth-order valence-electron chi connectivity index (χ4n) is 7.01. The molecule has 0 saturated carbocycles. The summed E-state index contributed by atoms with van der Waals surface area (Å²) in [6.45, 7) is 0.521. The van der Waals surface area contributed by atoms with Crippen LogP contribution in [0.25, 0.3) is 22.3 Å². The van der Waals surface area contributed by atoms with Gasteiger partial charge in [0, 0.05) is 24.4 Å². The Bertz CT molecular complexity index is 1980. The van der Waals surface area contributed by atoms with Crippen LogP contribution in [0, 0.1) is 0 Å². The van der Waals surface area contributed by atoms with Gasteiger partial charge in [-0.1, -0.05) is 97.1 Å². The van der Waals surface area contributed by atoms with Gasteiger partial charge in [0.1, 0.15) is 19.3 Å². The van der Waals surface area contributed by atoms with Crippen LogP contribution in [0.2, 0.25) is 0 Å². The second-order valence-electron chi connectivity index (χ2n) is 12.6. The van der Waals surface area contributed by atoms with Crippen LogP contribution in [0.15, 0.2) is 103 Å². The summed E-state index contributed by atoms with van der Waals surface area (Å²) >= 11 is 0. The number of carbonyl (C=O) groups is 3. The molecule has 0 aliphatic heterocycles. The lowest BCUT2D eigenvalue weighted by atomic mass is 9.98. The highest BCUT2D eigenvalue weighted by Crippen LogP contribution is 2.45. The largest absolute Gasteiger partial charge is 0.494 e. The van der Waals surface area contributed by atoms with E-state index in [1.807, 2.05) is 72.8 Å². The number of aromatic nitrogens is 1. The highest BCUT2D eigenvalue weighted by Gasteiger charge is 2.31. The first-order valence-electron chi connectivity index (χ1n) is 16.9. The normalized spacial score (nSPS) is 13.3. The molecule has 2 amide bonds. The van der Waals surface area contributed by atoms with Crippen molar-refractivity contribution < 1.29 is 38.8 Å². The lowest BCUT2D eigenvalue weighted by molar-refractivity contribution is -0.137. The molecule has 1 atom stereocenters. The number of hydrogen-bond donors (Lipinski definition) is 5. The molecule has 1 aromatic heterocycles. The number of hydrogen-bond acceptors (Lipinski definition) is 8. The number of aromatic amines is 1. The molecule has 7 rings (SSSR count). The average molecular weight is 688 g/mol. The molecule has 260 valence electrons. The maximum atomic E-state index is 13.2. The average Bonchev–Trinajstić information content (AvgIpc) is 3.76. The van der Waals surface area contributed by atoms with E-state index in [4.69, 9.17) is 14.2 Å². The van der Waals surface area contributed by atoms with E-state index in [1.165, 1.54) is 0 Å². The number of alkyl carbamates (subject to hydrolysis) is 2. The standard InChI is InChI=1S/C40H37N3O8/c44-36-21-35(37(45)43-36)51-38(46)34(42-40(48)50-23-33-30-17-7-3-13-26(30)27-14-4-8-18-31(27)33)19-9-10-20-41-39(47)49-22-32-28-15-5-1-11-24(28)25-12-2-6-16-29(25)32/h1-8,11-18,21,32-34,43-45H,9-10,19-20,22-23H2,(H,41,47)(H,42,48)/t34-/m1/s1. The van der Waals surface area contributed by atoms with Crippen LogP contribution in [0.3, 0.4) is 0 Å². The zero-order valence-corrected chi connectivity index (χ0v) is 27.6. The highest BCUT2D eigenvalue weighted by molar-refractivity contribution is 5.84. The van der Waals surface area contributed by atoms with Gasteiger partial charge in [0.2, 0.25) is 5.88 Å². The first-order chi connectivity index (χ1) is 24.9. The maximum absolute atomic E-state index is 13.2. The van der Waals surface area contributed by atoms with E-state index in [2.05, 4.69) is 39.9 Å². The summed E-state index contributed by atoms with van der Waals surface area (Å²) < 4.78 is 16.5. The molecule has 0 bridgehead atoms. The number of nitrogens with one attached hydrogen (secondary N) is 3. The SMILES string of the molecule is O=C(NCCCC[C@@H](NC(=O)OCC1c2ccccc2-c2ccccc21)C(=O)Oc1cc(O)[nH]c1O)OCC1c2ccccc2-c2ccccc21. The van der Waals surface area contributed by atoms with Gasteiger partial charge in [-0.05, 0) is 63.8 Å². The summed E-state index contributed by atoms with van der Waals surface area (Å²) in [4.78, 5) is 41.1. The van der Waals surface area contributed by atoms with Crippen molar-refractivity contribution in [3.63, 3.8) is 0 Å². The minimum Gasteiger partial charge on any atom is -0.494 e. The maximum Gasteiger partial charge on any atom is 0.407 e. The van der Waals surface area contributed by atoms with Crippen LogP contribution in [-0.4, -0.2) is 59.2 Å². The summed E-state index contributed by atoms with van der Waals surface area (Å²) in [5, 5.41) is 25.0. The molecular formula is C40H37N3O8. The molecule has 5 N–H and O–H groups in total.